The van der Waals surface area contributed by atoms with Crippen LogP contribution < -0.4 is 5.32 Å². The molecule has 1 rings (SSSR count). The third-order valence-corrected chi connectivity index (χ3v) is 2.80. The second kappa shape index (κ2) is 7.44. The van der Waals surface area contributed by atoms with Crippen molar-refractivity contribution in [3.05, 3.63) is 17.8 Å². The smallest absolute Gasteiger partial charge is 0.148 e. The first-order valence-electron chi connectivity index (χ1n) is 5.86. The van der Waals surface area contributed by atoms with Gasteiger partial charge in [-0.05, 0) is 37.8 Å². The normalized spacial score (nSPS) is 12.4. The maximum atomic E-state index is 5.78. The third-order valence-electron chi connectivity index (χ3n) is 2.58. The fraction of sp³-hybridized carbons (Fsp3) is 0.667. The van der Waals surface area contributed by atoms with E-state index in [4.69, 9.17) is 11.6 Å². The Labute approximate surface area is 103 Å². The van der Waals surface area contributed by atoms with Crippen LogP contribution in [0.15, 0.2) is 12.1 Å². The highest BCUT2D eigenvalue weighted by Crippen LogP contribution is 2.13. The van der Waals surface area contributed by atoms with E-state index in [0.29, 0.717) is 5.92 Å². The third kappa shape index (κ3) is 4.79. The van der Waals surface area contributed by atoms with Gasteiger partial charge in [0.1, 0.15) is 5.82 Å². The molecule has 0 aliphatic rings. The van der Waals surface area contributed by atoms with E-state index >= 15 is 0 Å². The van der Waals surface area contributed by atoms with Gasteiger partial charge in [0, 0.05) is 12.4 Å². The Bertz CT molecular complexity index is 281. The molecule has 0 aliphatic carbocycles. The lowest BCUT2D eigenvalue weighted by Crippen LogP contribution is -2.15. The highest BCUT2D eigenvalue weighted by Gasteiger charge is 2.07. The summed E-state index contributed by atoms with van der Waals surface area (Å²) in [5, 5.41) is 11.4. The predicted molar refractivity (Wildman–Crippen MR) is 69.0 cm³/mol. The molecule has 0 amide bonds. The summed E-state index contributed by atoms with van der Waals surface area (Å²) >= 11 is 5.78. The number of rotatable bonds is 7. The Hall–Kier alpha value is -0.830. The van der Waals surface area contributed by atoms with Crippen LogP contribution in [0, 0.1) is 12.8 Å². The fourth-order valence-corrected chi connectivity index (χ4v) is 1.96. The molecule has 1 atom stereocenters. The molecule has 1 aromatic rings. The van der Waals surface area contributed by atoms with Crippen LogP contribution in [0.2, 0.25) is 0 Å². The summed E-state index contributed by atoms with van der Waals surface area (Å²) in [4.78, 5) is 0. The van der Waals surface area contributed by atoms with Crippen molar-refractivity contribution in [3.8, 4) is 0 Å². The monoisotopic (exact) mass is 241 g/mol. The van der Waals surface area contributed by atoms with Crippen molar-refractivity contribution < 1.29 is 0 Å². The molecule has 0 spiro atoms. The van der Waals surface area contributed by atoms with Gasteiger partial charge in [0.25, 0.3) is 0 Å². The van der Waals surface area contributed by atoms with Crippen molar-refractivity contribution in [2.24, 2.45) is 5.92 Å². The van der Waals surface area contributed by atoms with E-state index in [9.17, 15) is 0 Å². The number of hydrogen-bond acceptors (Lipinski definition) is 3. The number of aromatic nitrogens is 2. The van der Waals surface area contributed by atoms with Crippen LogP contribution in [0.1, 0.15) is 31.9 Å². The predicted octanol–water partition coefficient (Wildman–Crippen LogP) is 3.24. The second-order valence-electron chi connectivity index (χ2n) is 4.07. The van der Waals surface area contributed by atoms with Crippen LogP contribution in [0.4, 0.5) is 5.82 Å². The molecule has 0 aromatic carbocycles. The largest absolute Gasteiger partial charge is 0.368 e. The molecule has 0 saturated carbocycles. The quantitative estimate of drug-likeness (QED) is 0.745. The standard InChI is InChI=1S/C12H20ClN3/c1-3-4-11(7-8-13)9-14-12-6-5-10(2)15-16-12/h5-6,11H,3-4,7-9H2,1-2H3,(H,14,16). The summed E-state index contributed by atoms with van der Waals surface area (Å²) in [6, 6.07) is 3.93. The lowest BCUT2D eigenvalue weighted by atomic mass is 10.0. The van der Waals surface area contributed by atoms with Crippen molar-refractivity contribution >= 4 is 17.4 Å². The first-order chi connectivity index (χ1) is 7.76. The number of halogens is 1. The maximum Gasteiger partial charge on any atom is 0.148 e. The average Bonchev–Trinajstić information content (AvgIpc) is 2.29. The Kier molecular flexibility index (Phi) is 6.16. The van der Waals surface area contributed by atoms with Gasteiger partial charge in [-0.25, -0.2) is 0 Å². The van der Waals surface area contributed by atoms with Gasteiger partial charge in [0.05, 0.1) is 5.69 Å². The molecule has 0 saturated heterocycles. The van der Waals surface area contributed by atoms with Crippen molar-refractivity contribution in [3.63, 3.8) is 0 Å². The molecule has 1 heterocycles. The molecule has 1 N–H and O–H groups in total. The molecule has 16 heavy (non-hydrogen) atoms. The van der Waals surface area contributed by atoms with Gasteiger partial charge < -0.3 is 5.32 Å². The van der Waals surface area contributed by atoms with Crippen LogP contribution in [0.25, 0.3) is 0 Å². The van der Waals surface area contributed by atoms with Crippen LogP contribution in [0.3, 0.4) is 0 Å². The topological polar surface area (TPSA) is 37.8 Å². The number of anilines is 1. The Morgan fingerprint density at radius 3 is 2.69 bits per heavy atom. The van der Waals surface area contributed by atoms with Gasteiger partial charge >= 0.3 is 0 Å². The minimum atomic E-state index is 0.630. The zero-order valence-corrected chi connectivity index (χ0v) is 10.8. The van der Waals surface area contributed by atoms with Gasteiger partial charge in [0.15, 0.2) is 0 Å². The summed E-state index contributed by atoms with van der Waals surface area (Å²) in [6.45, 7) is 5.06. The van der Waals surface area contributed by atoms with E-state index in [-0.39, 0.29) is 0 Å². The van der Waals surface area contributed by atoms with E-state index in [2.05, 4.69) is 22.4 Å². The van der Waals surface area contributed by atoms with Crippen LogP contribution in [-0.4, -0.2) is 22.6 Å². The van der Waals surface area contributed by atoms with E-state index in [0.717, 1.165) is 30.4 Å². The van der Waals surface area contributed by atoms with Gasteiger partial charge in [-0.1, -0.05) is 13.3 Å². The SMILES string of the molecule is CCCC(CCCl)CNc1ccc(C)nn1. The van der Waals surface area contributed by atoms with Gasteiger partial charge in [-0.15, -0.1) is 16.7 Å². The Morgan fingerprint density at radius 2 is 2.12 bits per heavy atom. The van der Waals surface area contributed by atoms with Crippen molar-refractivity contribution in [2.45, 2.75) is 33.1 Å². The minimum Gasteiger partial charge on any atom is -0.368 e. The first-order valence-corrected chi connectivity index (χ1v) is 6.40. The number of nitrogens with one attached hydrogen (secondary N) is 1. The maximum absolute atomic E-state index is 5.78. The number of alkyl halides is 1. The molecule has 3 nitrogen and oxygen atoms in total. The minimum absolute atomic E-state index is 0.630. The van der Waals surface area contributed by atoms with E-state index in [1.54, 1.807) is 0 Å². The molecule has 1 unspecified atom stereocenters. The molecular formula is C12H20ClN3. The lowest BCUT2D eigenvalue weighted by molar-refractivity contribution is 0.489. The van der Waals surface area contributed by atoms with Crippen molar-refractivity contribution in [1.29, 1.82) is 0 Å². The number of aryl methyl sites for hydroxylation is 1. The summed E-state index contributed by atoms with van der Waals surface area (Å²) in [5.41, 5.74) is 0.941. The number of hydrogen-bond donors (Lipinski definition) is 1. The molecular weight excluding hydrogens is 222 g/mol. The zero-order valence-electron chi connectivity index (χ0n) is 10.0. The van der Waals surface area contributed by atoms with Gasteiger partial charge in [-0.3, -0.25) is 0 Å². The summed E-state index contributed by atoms with van der Waals surface area (Å²) in [6.07, 6.45) is 3.46. The second-order valence-corrected chi connectivity index (χ2v) is 4.45. The molecule has 0 radical (unpaired) electrons. The average molecular weight is 242 g/mol. The molecule has 1 aromatic heterocycles. The zero-order chi connectivity index (χ0) is 11.8. The van der Waals surface area contributed by atoms with E-state index < -0.39 is 0 Å². The summed E-state index contributed by atoms with van der Waals surface area (Å²) in [7, 11) is 0. The number of nitrogens with zero attached hydrogens (tertiary/aromatic N) is 2. The molecule has 0 aliphatic heterocycles. The highest BCUT2D eigenvalue weighted by atomic mass is 35.5. The molecule has 0 bridgehead atoms. The van der Waals surface area contributed by atoms with E-state index in [1.807, 2.05) is 19.1 Å². The van der Waals surface area contributed by atoms with Crippen LogP contribution >= 0.6 is 11.6 Å². The highest BCUT2D eigenvalue weighted by molar-refractivity contribution is 6.17. The summed E-state index contributed by atoms with van der Waals surface area (Å²) < 4.78 is 0. The summed E-state index contributed by atoms with van der Waals surface area (Å²) in [5.74, 6) is 2.21. The fourth-order valence-electron chi connectivity index (χ4n) is 1.65. The lowest BCUT2D eigenvalue weighted by Gasteiger charge is -2.15. The Morgan fingerprint density at radius 1 is 1.31 bits per heavy atom. The van der Waals surface area contributed by atoms with Gasteiger partial charge in [-0.2, -0.15) is 5.10 Å². The molecule has 90 valence electrons. The molecule has 4 heteroatoms. The van der Waals surface area contributed by atoms with Crippen molar-refractivity contribution in [2.75, 3.05) is 17.7 Å². The van der Waals surface area contributed by atoms with Crippen LogP contribution in [-0.2, 0) is 0 Å². The van der Waals surface area contributed by atoms with E-state index in [1.165, 1.54) is 12.8 Å². The van der Waals surface area contributed by atoms with Crippen molar-refractivity contribution in [1.82, 2.24) is 10.2 Å². The van der Waals surface area contributed by atoms with Crippen LogP contribution in [0.5, 0.6) is 0 Å². The molecule has 0 fully saturated rings. The first kappa shape index (κ1) is 13.2. The van der Waals surface area contributed by atoms with Gasteiger partial charge in [0.2, 0.25) is 0 Å². The Balaban J connectivity index is 2.38.